The van der Waals surface area contributed by atoms with Crippen LogP contribution in [0.25, 0.3) is 0 Å². The van der Waals surface area contributed by atoms with Crippen LogP contribution in [0.15, 0.2) is 12.1 Å². The van der Waals surface area contributed by atoms with Gasteiger partial charge in [-0.25, -0.2) is 8.42 Å². The Morgan fingerprint density at radius 2 is 1.90 bits per heavy atom. The van der Waals surface area contributed by atoms with Crippen LogP contribution < -0.4 is 15.2 Å². The first-order valence-corrected chi connectivity index (χ1v) is 9.21. The molecule has 2 N–H and O–H groups in total. The Bertz CT molecular complexity index is 647. The van der Waals surface area contributed by atoms with E-state index in [-0.39, 0.29) is 17.4 Å². The number of fused-ring (bicyclic) bond motifs is 1. The van der Waals surface area contributed by atoms with Crippen molar-refractivity contribution < 1.29 is 17.9 Å². The lowest BCUT2D eigenvalue weighted by Gasteiger charge is -2.21. The van der Waals surface area contributed by atoms with E-state index < -0.39 is 15.9 Å². The van der Waals surface area contributed by atoms with Gasteiger partial charge in [0.1, 0.15) is 0 Å². The molecule has 116 valence electrons. The smallest absolute Gasteiger partial charge is 0.162 e. The predicted molar refractivity (Wildman–Crippen MR) is 80.7 cm³/mol. The van der Waals surface area contributed by atoms with E-state index in [1.807, 2.05) is 0 Å². The quantitative estimate of drug-likeness (QED) is 0.896. The maximum Gasteiger partial charge on any atom is 0.162 e. The summed E-state index contributed by atoms with van der Waals surface area (Å²) in [5, 5.41) is 0.496. The van der Waals surface area contributed by atoms with Crippen molar-refractivity contribution in [2.24, 2.45) is 11.7 Å². The van der Waals surface area contributed by atoms with Crippen molar-refractivity contribution in [1.29, 1.82) is 0 Å². The molecule has 0 bridgehead atoms. The fraction of sp³-hybridized carbons (Fsp3) is 0.571. The summed E-state index contributed by atoms with van der Waals surface area (Å²) in [6.07, 6.45) is 1.39. The average Bonchev–Trinajstić information content (AvgIpc) is 2.66. The summed E-state index contributed by atoms with van der Waals surface area (Å²) in [5.41, 5.74) is 6.97. The fourth-order valence-corrected chi connectivity index (χ4v) is 4.95. The SMILES string of the molecule is NC(c1cc2c(cc1Cl)OCCCO2)C1CCS(=O)(=O)C1. The number of hydrogen-bond donors (Lipinski definition) is 1. The van der Waals surface area contributed by atoms with Crippen LogP contribution >= 0.6 is 11.6 Å². The number of halogens is 1. The lowest BCUT2D eigenvalue weighted by atomic mass is 9.93. The zero-order chi connectivity index (χ0) is 15.0. The lowest BCUT2D eigenvalue weighted by molar-refractivity contribution is 0.297. The molecule has 1 aromatic carbocycles. The molecule has 1 fully saturated rings. The molecule has 0 amide bonds. The van der Waals surface area contributed by atoms with Gasteiger partial charge in [-0.05, 0) is 24.0 Å². The largest absolute Gasteiger partial charge is 0.490 e. The first-order chi connectivity index (χ1) is 9.96. The highest BCUT2D eigenvalue weighted by atomic mass is 35.5. The van der Waals surface area contributed by atoms with Gasteiger partial charge in [0.25, 0.3) is 0 Å². The predicted octanol–water partition coefficient (Wildman–Crippen LogP) is 1.94. The summed E-state index contributed by atoms with van der Waals surface area (Å²) in [6, 6.07) is 3.09. The number of benzene rings is 1. The molecule has 0 spiro atoms. The number of sulfone groups is 1. The van der Waals surface area contributed by atoms with Gasteiger partial charge in [-0.15, -0.1) is 0 Å². The molecule has 0 aliphatic carbocycles. The Morgan fingerprint density at radius 3 is 2.52 bits per heavy atom. The summed E-state index contributed by atoms with van der Waals surface area (Å²) in [4.78, 5) is 0. The summed E-state index contributed by atoms with van der Waals surface area (Å²) < 4.78 is 34.4. The Balaban J connectivity index is 1.90. The van der Waals surface area contributed by atoms with Crippen molar-refractivity contribution >= 4 is 21.4 Å². The van der Waals surface area contributed by atoms with Gasteiger partial charge < -0.3 is 15.2 Å². The van der Waals surface area contributed by atoms with E-state index >= 15 is 0 Å². The van der Waals surface area contributed by atoms with Crippen molar-refractivity contribution in [3.8, 4) is 11.5 Å². The number of ether oxygens (including phenoxy) is 2. The minimum atomic E-state index is -2.96. The molecule has 2 heterocycles. The third-order valence-corrected chi connectivity index (χ3v) is 6.12. The van der Waals surface area contributed by atoms with Crippen LogP contribution in [0.3, 0.4) is 0 Å². The molecule has 0 radical (unpaired) electrons. The van der Waals surface area contributed by atoms with Gasteiger partial charge in [0.2, 0.25) is 0 Å². The van der Waals surface area contributed by atoms with E-state index in [0.717, 1.165) is 12.0 Å². The molecule has 1 saturated heterocycles. The van der Waals surface area contributed by atoms with E-state index in [0.29, 0.717) is 36.2 Å². The van der Waals surface area contributed by atoms with Crippen LogP contribution in [0.4, 0.5) is 0 Å². The third-order valence-electron chi connectivity index (χ3n) is 4.00. The molecule has 3 rings (SSSR count). The van der Waals surface area contributed by atoms with E-state index in [9.17, 15) is 8.42 Å². The third kappa shape index (κ3) is 3.12. The van der Waals surface area contributed by atoms with E-state index in [1.54, 1.807) is 12.1 Å². The zero-order valence-electron chi connectivity index (χ0n) is 11.5. The molecule has 0 aromatic heterocycles. The van der Waals surface area contributed by atoms with E-state index in [1.165, 1.54) is 0 Å². The monoisotopic (exact) mass is 331 g/mol. The van der Waals surface area contributed by atoms with Gasteiger partial charge in [0, 0.05) is 23.6 Å². The summed E-state index contributed by atoms with van der Waals surface area (Å²) in [7, 11) is -2.96. The minimum Gasteiger partial charge on any atom is -0.490 e. The molecule has 0 saturated carbocycles. The highest BCUT2D eigenvalue weighted by Gasteiger charge is 2.34. The molecule has 1 aromatic rings. The topological polar surface area (TPSA) is 78.6 Å². The molecular formula is C14H18ClNO4S. The Hall–Kier alpha value is -0.980. The molecule has 21 heavy (non-hydrogen) atoms. The highest BCUT2D eigenvalue weighted by Crippen LogP contribution is 2.40. The van der Waals surface area contributed by atoms with Gasteiger partial charge in [-0.3, -0.25) is 0 Å². The molecule has 2 atom stereocenters. The van der Waals surface area contributed by atoms with Crippen molar-refractivity contribution in [1.82, 2.24) is 0 Å². The van der Waals surface area contributed by atoms with Gasteiger partial charge in [-0.1, -0.05) is 11.6 Å². The van der Waals surface area contributed by atoms with Crippen LogP contribution in [0.2, 0.25) is 5.02 Å². The first kappa shape index (κ1) is 14.9. The van der Waals surface area contributed by atoms with Gasteiger partial charge in [0.05, 0.1) is 24.7 Å². The molecular weight excluding hydrogens is 314 g/mol. The lowest BCUT2D eigenvalue weighted by Crippen LogP contribution is -2.23. The maximum absolute atomic E-state index is 11.6. The van der Waals surface area contributed by atoms with Crippen LogP contribution in [0.1, 0.15) is 24.4 Å². The highest BCUT2D eigenvalue weighted by molar-refractivity contribution is 7.91. The first-order valence-electron chi connectivity index (χ1n) is 7.01. The molecule has 2 unspecified atom stereocenters. The van der Waals surface area contributed by atoms with Crippen LogP contribution in [0, 0.1) is 5.92 Å². The Morgan fingerprint density at radius 1 is 1.24 bits per heavy atom. The van der Waals surface area contributed by atoms with Crippen LogP contribution in [-0.2, 0) is 9.84 Å². The van der Waals surface area contributed by atoms with E-state index in [2.05, 4.69) is 0 Å². The van der Waals surface area contributed by atoms with E-state index in [4.69, 9.17) is 26.8 Å². The second-order valence-electron chi connectivity index (χ2n) is 5.56. The summed E-state index contributed by atoms with van der Waals surface area (Å²) >= 11 is 6.29. The minimum absolute atomic E-state index is 0.0998. The number of hydrogen-bond acceptors (Lipinski definition) is 5. The second kappa shape index (κ2) is 5.66. The molecule has 2 aliphatic heterocycles. The van der Waals surface area contributed by atoms with Gasteiger partial charge >= 0.3 is 0 Å². The Kier molecular flexibility index (Phi) is 4.03. The van der Waals surface area contributed by atoms with Crippen LogP contribution in [0.5, 0.6) is 11.5 Å². The van der Waals surface area contributed by atoms with Crippen molar-refractivity contribution in [3.63, 3.8) is 0 Å². The average molecular weight is 332 g/mol. The molecule has 7 heteroatoms. The van der Waals surface area contributed by atoms with Gasteiger partial charge in [-0.2, -0.15) is 0 Å². The van der Waals surface area contributed by atoms with Crippen molar-refractivity contribution in [2.75, 3.05) is 24.7 Å². The van der Waals surface area contributed by atoms with Crippen molar-refractivity contribution in [3.05, 3.63) is 22.7 Å². The standard InChI is InChI=1S/C14H18ClNO4S/c15-11-7-13-12(19-3-1-4-20-13)6-10(11)14(16)9-2-5-21(17,18)8-9/h6-7,9,14H,1-5,8,16H2. The number of nitrogens with two attached hydrogens (primary N) is 1. The normalized spacial score (nSPS) is 25.3. The summed E-state index contributed by atoms with van der Waals surface area (Å²) in [5.74, 6) is 1.47. The second-order valence-corrected chi connectivity index (χ2v) is 8.20. The zero-order valence-corrected chi connectivity index (χ0v) is 13.1. The summed E-state index contributed by atoms with van der Waals surface area (Å²) in [6.45, 7) is 1.18. The van der Waals surface area contributed by atoms with Crippen LogP contribution in [-0.4, -0.2) is 33.1 Å². The maximum atomic E-state index is 11.6. The van der Waals surface area contributed by atoms with Gasteiger partial charge in [0.15, 0.2) is 21.3 Å². The van der Waals surface area contributed by atoms with Crippen molar-refractivity contribution in [2.45, 2.75) is 18.9 Å². The molecule has 5 nitrogen and oxygen atoms in total. The Labute approximate surface area is 129 Å². The molecule has 2 aliphatic rings. The number of rotatable bonds is 2. The fourth-order valence-electron chi connectivity index (χ4n) is 2.82.